The number of aryl methyl sites for hydroxylation is 2. The van der Waals surface area contributed by atoms with Gasteiger partial charge in [-0.3, -0.25) is 4.79 Å². The Labute approximate surface area is 182 Å². The zero-order valence-electron chi connectivity index (χ0n) is 18.2. The zero-order valence-corrected chi connectivity index (χ0v) is 18.2. The van der Waals surface area contributed by atoms with E-state index in [4.69, 9.17) is 9.72 Å². The summed E-state index contributed by atoms with van der Waals surface area (Å²) in [5.74, 6) is 1.26. The highest BCUT2D eigenvalue weighted by Crippen LogP contribution is 2.28. The molecule has 1 aromatic heterocycles. The highest BCUT2D eigenvalue weighted by molar-refractivity contribution is 5.97. The summed E-state index contributed by atoms with van der Waals surface area (Å²) >= 11 is 0. The molecule has 0 radical (unpaired) electrons. The molecule has 2 heterocycles. The van der Waals surface area contributed by atoms with Gasteiger partial charge in [-0.25, -0.2) is 4.98 Å². The molecule has 0 spiro atoms. The van der Waals surface area contributed by atoms with Crippen molar-refractivity contribution in [2.45, 2.75) is 20.3 Å². The Kier molecular flexibility index (Phi) is 5.77. The lowest BCUT2D eigenvalue weighted by atomic mass is 10.0. The lowest BCUT2D eigenvalue weighted by molar-refractivity contribution is 0.0763. The molecule has 1 saturated heterocycles. The van der Waals surface area contributed by atoms with E-state index < -0.39 is 0 Å². The van der Waals surface area contributed by atoms with Crippen LogP contribution >= 0.6 is 0 Å². The minimum Gasteiger partial charge on any atom is -0.496 e. The standard InChI is InChI=1S/C25H26N4O2/c1-17-9-10-19-15-20(16-26)24(27-23(19)18(17)2)28-11-6-12-29(14-13-28)25(30)21-7-4-5-8-22(21)31-3/h4-5,7-10,15H,6,11-14H2,1-3H3. The van der Waals surface area contributed by atoms with Crippen LogP contribution in [-0.4, -0.2) is 49.1 Å². The summed E-state index contributed by atoms with van der Waals surface area (Å²) in [6.07, 6.45) is 0.804. The predicted molar refractivity (Wildman–Crippen MR) is 122 cm³/mol. The molecule has 1 amide bonds. The predicted octanol–water partition coefficient (Wildman–Crippen LogP) is 4.08. The number of fused-ring (bicyclic) bond motifs is 1. The number of carbonyl (C=O) groups excluding carboxylic acids is 1. The van der Waals surface area contributed by atoms with Gasteiger partial charge >= 0.3 is 0 Å². The van der Waals surface area contributed by atoms with Crippen LogP contribution in [0.25, 0.3) is 10.9 Å². The van der Waals surface area contributed by atoms with Crippen LogP contribution in [0.2, 0.25) is 0 Å². The van der Waals surface area contributed by atoms with Crippen LogP contribution in [0.4, 0.5) is 5.82 Å². The first-order valence-electron chi connectivity index (χ1n) is 10.5. The third kappa shape index (κ3) is 3.91. The molecule has 2 aromatic carbocycles. The van der Waals surface area contributed by atoms with E-state index in [1.165, 1.54) is 5.56 Å². The molecular weight excluding hydrogens is 388 g/mol. The zero-order chi connectivity index (χ0) is 22.0. The number of pyridine rings is 1. The molecule has 0 saturated carbocycles. The molecule has 0 bridgehead atoms. The summed E-state index contributed by atoms with van der Waals surface area (Å²) in [4.78, 5) is 22.0. The first-order chi connectivity index (χ1) is 15.0. The van der Waals surface area contributed by atoms with Gasteiger partial charge in [0.1, 0.15) is 17.6 Å². The lowest BCUT2D eigenvalue weighted by Gasteiger charge is -2.24. The van der Waals surface area contributed by atoms with Gasteiger partial charge in [-0.15, -0.1) is 0 Å². The number of nitrogens with zero attached hydrogens (tertiary/aromatic N) is 4. The average Bonchev–Trinajstić information content (AvgIpc) is 3.06. The summed E-state index contributed by atoms with van der Waals surface area (Å²) in [6.45, 7) is 6.72. The summed E-state index contributed by atoms with van der Waals surface area (Å²) in [7, 11) is 1.58. The van der Waals surface area contributed by atoms with Crippen LogP contribution in [-0.2, 0) is 0 Å². The smallest absolute Gasteiger partial charge is 0.257 e. The Hall–Kier alpha value is -3.59. The number of benzene rings is 2. The lowest BCUT2D eigenvalue weighted by Crippen LogP contribution is -2.35. The molecule has 1 aliphatic heterocycles. The number of aromatic nitrogens is 1. The normalized spacial score (nSPS) is 14.3. The van der Waals surface area contributed by atoms with Crippen molar-refractivity contribution in [1.82, 2.24) is 9.88 Å². The Morgan fingerprint density at radius 3 is 2.68 bits per heavy atom. The van der Waals surface area contributed by atoms with Gasteiger partial charge in [0.15, 0.2) is 0 Å². The second-order valence-electron chi connectivity index (χ2n) is 7.88. The van der Waals surface area contributed by atoms with Crippen molar-refractivity contribution in [3.05, 3.63) is 64.7 Å². The van der Waals surface area contributed by atoms with Gasteiger partial charge in [-0.2, -0.15) is 5.26 Å². The van der Waals surface area contributed by atoms with Gasteiger partial charge in [0, 0.05) is 31.6 Å². The van der Waals surface area contributed by atoms with E-state index in [9.17, 15) is 10.1 Å². The molecule has 1 aliphatic rings. The number of hydrogen-bond acceptors (Lipinski definition) is 5. The number of carbonyl (C=O) groups is 1. The Balaban J connectivity index is 1.62. The van der Waals surface area contributed by atoms with E-state index in [0.29, 0.717) is 42.3 Å². The summed E-state index contributed by atoms with van der Waals surface area (Å²) in [5.41, 5.74) is 4.39. The van der Waals surface area contributed by atoms with Crippen LogP contribution in [0, 0.1) is 25.2 Å². The number of nitriles is 1. The minimum absolute atomic E-state index is 0.0299. The molecule has 0 N–H and O–H groups in total. The van der Waals surface area contributed by atoms with Crippen molar-refractivity contribution >= 4 is 22.6 Å². The third-order valence-corrected chi connectivity index (χ3v) is 6.03. The highest BCUT2D eigenvalue weighted by Gasteiger charge is 2.24. The monoisotopic (exact) mass is 414 g/mol. The van der Waals surface area contributed by atoms with E-state index in [0.717, 1.165) is 29.4 Å². The van der Waals surface area contributed by atoms with Gasteiger partial charge in [0.2, 0.25) is 0 Å². The van der Waals surface area contributed by atoms with E-state index in [1.54, 1.807) is 19.2 Å². The van der Waals surface area contributed by atoms with Crippen molar-refractivity contribution in [3.8, 4) is 11.8 Å². The number of para-hydroxylation sites is 1. The van der Waals surface area contributed by atoms with Gasteiger partial charge in [-0.1, -0.05) is 24.3 Å². The fourth-order valence-corrected chi connectivity index (χ4v) is 4.12. The second kappa shape index (κ2) is 8.65. The Morgan fingerprint density at radius 2 is 1.90 bits per heavy atom. The summed E-state index contributed by atoms with van der Waals surface area (Å²) < 4.78 is 5.37. The third-order valence-electron chi connectivity index (χ3n) is 6.03. The number of ether oxygens (including phenoxy) is 1. The van der Waals surface area contributed by atoms with Gasteiger partial charge in [-0.05, 0) is 49.6 Å². The summed E-state index contributed by atoms with van der Waals surface area (Å²) in [5, 5.41) is 10.7. The molecule has 3 aromatic rings. The van der Waals surface area contributed by atoms with Crippen molar-refractivity contribution in [3.63, 3.8) is 0 Å². The van der Waals surface area contributed by atoms with Crippen LogP contribution in [0.5, 0.6) is 5.75 Å². The highest BCUT2D eigenvalue weighted by atomic mass is 16.5. The number of methoxy groups -OCH3 is 1. The maximum absolute atomic E-state index is 13.1. The van der Waals surface area contributed by atoms with E-state index >= 15 is 0 Å². The maximum atomic E-state index is 13.1. The number of rotatable bonds is 3. The summed E-state index contributed by atoms with van der Waals surface area (Å²) in [6, 6.07) is 15.6. The molecule has 1 fully saturated rings. The van der Waals surface area contributed by atoms with E-state index in [1.807, 2.05) is 29.2 Å². The van der Waals surface area contributed by atoms with Crippen LogP contribution in [0.3, 0.4) is 0 Å². The van der Waals surface area contributed by atoms with Crippen LogP contribution in [0.1, 0.15) is 33.5 Å². The fraction of sp³-hybridized carbons (Fsp3) is 0.320. The number of amides is 1. The maximum Gasteiger partial charge on any atom is 0.257 e. The number of hydrogen-bond donors (Lipinski definition) is 0. The second-order valence-corrected chi connectivity index (χ2v) is 7.88. The van der Waals surface area contributed by atoms with Crippen LogP contribution < -0.4 is 9.64 Å². The topological polar surface area (TPSA) is 69.5 Å². The number of anilines is 1. The SMILES string of the molecule is COc1ccccc1C(=O)N1CCCN(c2nc3c(C)c(C)ccc3cc2C#N)CC1. The van der Waals surface area contributed by atoms with Gasteiger partial charge in [0.05, 0.1) is 23.8 Å². The van der Waals surface area contributed by atoms with Gasteiger partial charge < -0.3 is 14.5 Å². The molecule has 31 heavy (non-hydrogen) atoms. The van der Waals surface area contributed by atoms with E-state index in [2.05, 4.69) is 30.9 Å². The molecule has 0 unspecified atom stereocenters. The van der Waals surface area contributed by atoms with Gasteiger partial charge in [0.25, 0.3) is 5.91 Å². The molecule has 6 heteroatoms. The molecule has 158 valence electrons. The quantitative estimate of drug-likeness (QED) is 0.646. The van der Waals surface area contributed by atoms with Crippen molar-refractivity contribution in [2.24, 2.45) is 0 Å². The van der Waals surface area contributed by atoms with E-state index in [-0.39, 0.29) is 5.91 Å². The molecule has 4 rings (SSSR count). The average molecular weight is 415 g/mol. The first kappa shape index (κ1) is 20.7. The first-order valence-corrected chi connectivity index (χ1v) is 10.5. The Bertz CT molecular complexity index is 1180. The van der Waals surface area contributed by atoms with Crippen molar-refractivity contribution < 1.29 is 9.53 Å². The molecule has 6 nitrogen and oxygen atoms in total. The molecule has 0 atom stereocenters. The molecular formula is C25H26N4O2. The van der Waals surface area contributed by atoms with Crippen molar-refractivity contribution in [1.29, 1.82) is 5.26 Å². The largest absolute Gasteiger partial charge is 0.496 e. The minimum atomic E-state index is -0.0299. The molecule has 0 aliphatic carbocycles. The van der Waals surface area contributed by atoms with Crippen molar-refractivity contribution in [2.75, 3.05) is 38.2 Å². The van der Waals surface area contributed by atoms with Crippen LogP contribution in [0.15, 0.2) is 42.5 Å². The fourth-order valence-electron chi connectivity index (χ4n) is 4.12. The Morgan fingerprint density at radius 1 is 1.10 bits per heavy atom.